The predicted molar refractivity (Wildman–Crippen MR) is 63.8 cm³/mol. The Balaban J connectivity index is 3.10. The normalized spacial score (nSPS) is 13.3. The van der Waals surface area contributed by atoms with Crippen LogP contribution in [0.5, 0.6) is 0 Å². The molecular weight excluding hydrogens is 240 g/mol. The fourth-order valence-corrected chi connectivity index (χ4v) is 2.06. The molecule has 1 aromatic carbocycles. The highest BCUT2D eigenvalue weighted by Crippen LogP contribution is 2.30. The van der Waals surface area contributed by atoms with Gasteiger partial charge in [0.2, 0.25) is 0 Å². The first-order valence-corrected chi connectivity index (χ1v) is 5.58. The van der Waals surface area contributed by atoms with Gasteiger partial charge in [0.1, 0.15) is 0 Å². The molecule has 0 saturated heterocycles. The average Bonchev–Trinajstić information content (AvgIpc) is 2.13. The lowest BCUT2D eigenvalue weighted by atomic mass is 9.95. The molecule has 78 valence electrons. The van der Waals surface area contributed by atoms with Crippen LogP contribution in [0.2, 0.25) is 0 Å². The average molecular weight is 257 g/mol. The van der Waals surface area contributed by atoms with Crippen LogP contribution < -0.4 is 11.3 Å². The molecule has 14 heavy (non-hydrogen) atoms. The van der Waals surface area contributed by atoms with Crippen LogP contribution in [0.15, 0.2) is 22.7 Å². The van der Waals surface area contributed by atoms with Crippen LogP contribution in [-0.4, -0.2) is 0 Å². The van der Waals surface area contributed by atoms with Crippen molar-refractivity contribution in [1.29, 1.82) is 0 Å². The second kappa shape index (κ2) is 4.91. The molecular formula is C11H17BrN2. The Morgan fingerprint density at radius 2 is 2.00 bits per heavy atom. The monoisotopic (exact) mass is 256 g/mol. The number of nitrogens with two attached hydrogens (primary N) is 1. The molecule has 0 heterocycles. The number of benzene rings is 1. The molecule has 0 spiro atoms. The predicted octanol–water partition coefficient (Wildman–Crippen LogP) is 2.92. The van der Waals surface area contributed by atoms with Crippen LogP contribution in [0.3, 0.4) is 0 Å². The summed E-state index contributed by atoms with van der Waals surface area (Å²) in [6.45, 7) is 6.39. The van der Waals surface area contributed by atoms with E-state index >= 15 is 0 Å². The Kier molecular flexibility index (Phi) is 4.11. The van der Waals surface area contributed by atoms with E-state index in [0.717, 1.165) is 4.47 Å². The number of aryl methyl sites for hydroxylation is 1. The van der Waals surface area contributed by atoms with E-state index in [1.165, 1.54) is 11.1 Å². The summed E-state index contributed by atoms with van der Waals surface area (Å²) in [4.78, 5) is 0. The number of hydrogen-bond donors (Lipinski definition) is 2. The van der Waals surface area contributed by atoms with E-state index < -0.39 is 0 Å². The summed E-state index contributed by atoms with van der Waals surface area (Å²) in [5.74, 6) is 6.02. The van der Waals surface area contributed by atoms with E-state index in [2.05, 4.69) is 60.3 Å². The van der Waals surface area contributed by atoms with Crippen molar-refractivity contribution in [2.75, 3.05) is 0 Å². The van der Waals surface area contributed by atoms with Gasteiger partial charge in [0.25, 0.3) is 0 Å². The van der Waals surface area contributed by atoms with E-state index in [1.54, 1.807) is 0 Å². The highest BCUT2D eigenvalue weighted by atomic mass is 79.9. The summed E-state index contributed by atoms with van der Waals surface area (Å²) in [5.41, 5.74) is 5.32. The fourth-order valence-electron chi connectivity index (χ4n) is 1.55. The third-order valence-electron chi connectivity index (χ3n) is 2.40. The smallest absolute Gasteiger partial charge is 0.0494 e. The first kappa shape index (κ1) is 11.7. The topological polar surface area (TPSA) is 38.0 Å². The van der Waals surface area contributed by atoms with Crippen molar-refractivity contribution in [2.24, 2.45) is 11.8 Å². The van der Waals surface area contributed by atoms with Crippen molar-refractivity contribution in [3.05, 3.63) is 33.8 Å². The van der Waals surface area contributed by atoms with E-state index in [9.17, 15) is 0 Å². The first-order chi connectivity index (χ1) is 6.57. The Morgan fingerprint density at radius 1 is 1.36 bits per heavy atom. The third-order valence-corrected chi connectivity index (χ3v) is 3.49. The summed E-state index contributed by atoms with van der Waals surface area (Å²) in [7, 11) is 0. The lowest BCUT2D eigenvalue weighted by molar-refractivity contribution is 0.419. The van der Waals surface area contributed by atoms with Gasteiger partial charge in [-0.25, -0.2) is 0 Å². The molecule has 1 rings (SSSR count). The molecule has 0 saturated carbocycles. The molecule has 0 fully saturated rings. The lowest BCUT2D eigenvalue weighted by Gasteiger charge is -2.22. The van der Waals surface area contributed by atoms with E-state index in [-0.39, 0.29) is 6.04 Å². The minimum Gasteiger partial charge on any atom is -0.271 e. The van der Waals surface area contributed by atoms with Gasteiger partial charge in [0, 0.05) is 10.5 Å². The van der Waals surface area contributed by atoms with E-state index in [0.29, 0.717) is 5.92 Å². The van der Waals surface area contributed by atoms with Crippen LogP contribution in [0.1, 0.15) is 31.0 Å². The Morgan fingerprint density at radius 3 is 2.50 bits per heavy atom. The molecule has 0 bridgehead atoms. The third kappa shape index (κ3) is 2.35. The van der Waals surface area contributed by atoms with Gasteiger partial charge in [-0.2, -0.15) is 0 Å². The van der Waals surface area contributed by atoms with Gasteiger partial charge in [-0.05, 0) is 24.0 Å². The molecule has 0 radical (unpaired) electrons. The zero-order valence-electron chi connectivity index (χ0n) is 8.84. The van der Waals surface area contributed by atoms with Crippen LogP contribution >= 0.6 is 15.9 Å². The summed E-state index contributed by atoms with van der Waals surface area (Å²) >= 11 is 3.59. The van der Waals surface area contributed by atoms with Crippen LogP contribution in [0, 0.1) is 12.8 Å². The number of hydrazine groups is 1. The van der Waals surface area contributed by atoms with Gasteiger partial charge in [-0.15, -0.1) is 0 Å². The van der Waals surface area contributed by atoms with Gasteiger partial charge in [-0.1, -0.05) is 48.0 Å². The summed E-state index contributed by atoms with van der Waals surface area (Å²) in [6.07, 6.45) is 0. The Hall–Kier alpha value is -0.380. The Labute approximate surface area is 94.0 Å². The lowest BCUT2D eigenvalue weighted by Crippen LogP contribution is -2.31. The number of rotatable bonds is 3. The van der Waals surface area contributed by atoms with Crippen LogP contribution in [0.4, 0.5) is 0 Å². The fraction of sp³-hybridized carbons (Fsp3) is 0.455. The minimum absolute atomic E-state index is 0.198. The largest absolute Gasteiger partial charge is 0.271 e. The van der Waals surface area contributed by atoms with E-state index in [4.69, 9.17) is 5.84 Å². The molecule has 0 aliphatic heterocycles. The SMILES string of the molecule is Cc1cccc(C(NN)C(C)C)c1Br. The number of nitrogens with one attached hydrogen (secondary N) is 1. The van der Waals surface area contributed by atoms with Crippen molar-refractivity contribution in [1.82, 2.24) is 5.43 Å². The molecule has 0 aliphatic rings. The molecule has 2 nitrogen and oxygen atoms in total. The van der Waals surface area contributed by atoms with Gasteiger partial charge in [0.15, 0.2) is 0 Å². The van der Waals surface area contributed by atoms with E-state index in [1.807, 2.05) is 0 Å². The minimum atomic E-state index is 0.198. The quantitative estimate of drug-likeness (QED) is 0.645. The van der Waals surface area contributed by atoms with Crippen molar-refractivity contribution in [3.8, 4) is 0 Å². The number of hydrogen-bond acceptors (Lipinski definition) is 2. The summed E-state index contributed by atoms with van der Waals surface area (Å²) < 4.78 is 1.15. The summed E-state index contributed by atoms with van der Waals surface area (Å²) in [5, 5.41) is 0. The van der Waals surface area contributed by atoms with Crippen molar-refractivity contribution >= 4 is 15.9 Å². The van der Waals surface area contributed by atoms with Crippen molar-refractivity contribution in [3.63, 3.8) is 0 Å². The zero-order valence-corrected chi connectivity index (χ0v) is 10.4. The second-order valence-electron chi connectivity index (χ2n) is 3.87. The second-order valence-corrected chi connectivity index (χ2v) is 4.66. The maximum Gasteiger partial charge on any atom is 0.0494 e. The molecule has 0 aromatic heterocycles. The first-order valence-electron chi connectivity index (χ1n) is 4.79. The van der Waals surface area contributed by atoms with Crippen LogP contribution in [0.25, 0.3) is 0 Å². The van der Waals surface area contributed by atoms with Crippen molar-refractivity contribution < 1.29 is 0 Å². The standard InChI is InChI=1S/C11H17BrN2/c1-7(2)11(14-13)9-6-4-5-8(3)10(9)12/h4-7,11,14H,13H2,1-3H3. The Bertz CT molecular complexity index is 310. The number of halogens is 1. The van der Waals surface area contributed by atoms with Gasteiger partial charge in [0.05, 0.1) is 0 Å². The van der Waals surface area contributed by atoms with Crippen molar-refractivity contribution in [2.45, 2.75) is 26.8 Å². The van der Waals surface area contributed by atoms with Gasteiger partial charge in [-0.3, -0.25) is 11.3 Å². The molecule has 1 atom stereocenters. The molecule has 0 aliphatic carbocycles. The molecule has 1 unspecified atom stereocenters. The highest BCUT2D eigenvalue weighted by Gasteiger charge is 2.16. The molecule has 3 heteroatoms. The maximum atomic E-state index is 5.55. The van der Waals surface area contributed by atoms with Gasteiger partial charge < -0.3 is 0 Å². The summed E-state index contributed by atoms with van der Waals surface area (Å²) in [6, 6.07) is 6.44. The molecule has 3 N–H and O–H groups in total. The maximum absolute atomic E-state index is 5.55. The van der Waals surface area contributed by atoms with Gasteiger partial charge >= 0.3 is 0 Å². The highest BCUT2D eigenvalue weighted by molar-refractivity contribution is 9.10. The molecule has 1 aromatic rings. The zero-order chi connectivity index (χ0) is 10.7. The van der Waals surface area contributed by atoms with Crippen LogP contribution in [-0.2, 0) is 0 Å². The molecule has 0 amide bonds.